The first-order valence-corrected chi connectivity index (χ1v) is 9.59. The molecule has 0 spiro atoms. The van der Waals surface area contributed by atoms with Crippen LogP contribution >= 0.6 is 11.6 Å². The van der Waals surface area contributed by atoms with Gasteiger partial charge in [-0.05, 0) is 25.1 Å². The minimum Gasteiger partial charge on any atom is -0.371 e. The Labute approximate surface area is 150 Å². The van der Waals surface area contributed by atoms with E-state index in [1.165, 1.54) is 4.68 Å². The lowest BCUT2D eigenvalue weighted by Crippen LogP contribution is -2.17. The highest BCUT2D eigenvalue weighted by molar-refractivity contribution is 7.86. The first kappa shape index (κ1) is 17.8. The first-order valence-electron chi connectivity index (χ1n) is 7.40. The molecule has 8 nitrogen and oxygen atoms in total. The van der Waals surface area contributed by atoms with Crippen molar-refractivity contribution in [2.75, 3.05) is 12.9 Å². The Balaban J connectivity index is 1.96. The molecule has 3 heterocycles. The number of hydrogen-bond donors (Lipinski definition) is 0. The van der Waals surface area contributed by atoms with E-state index in [2.05, 4.69) is 10.1 Å². The molecule has 0 N–H and O–H groups in total. The summed E-state index contributed by atoms with van der Waals surface area (Å²) in [6, 6.07) is 7.00. The summed E-state index contributed by atoms with van der Waals surface area (Å²) in [6.45, 7) is 1.95. The van der Waals surface area contributed by atoms with Gasteiger partial charge in [0, 0.05) is 17.7 Å². The Hall–Kier alpha value is -1.99. The Morgan fingerprint density at radius 3 is 2.88 bits per heavy atom. The molecule has 25 heavy (non-hydrogen) atoms. The third-order valence-electron chi connectivity index (χ3n) is 3.69. The van der Waals surface area contributed by atoms with Gasteiger partial charge in [-0.25, -0.2) is 9.67 Å². The van der Waals surface area contributed by atoms with E-state index in [-0.39, 0.29) is 17.5 Å². The van der Waals surface area contributed by atoms with Crippen LogP contribution in [0, 0.1) is 18.3 Å². The van der Waals surface area contributed by atoms with Crippen molar-refractivity contribution in [2.45, 2.75) is 25.6 Å². The van der Waals surface area contributed by atoms with Crippen LogP contribution in [0.2, 0.25) is 5.15 Å². The second kappa shape index (κ2) is 6.72. The summed E-state index contributed by atoms with van der Waals surface area (Å²) in [5, 5.41) is 13.5. The molecule has 0 aromatic carbocycles. The topological polar surface area (TPSA) is 107 Å². The molecule has 2 atom stereocenters. The van der Waals surface area contributed by atoms with Gasteiger partial charge in [0.25, 0.3) is 10.1 Å². The van der Waals surface area contributed by atoms with Crippen molar-refractivity contribution in [1.82, 2.24) is 14.8 Å². The Morgan fingerprint density at radius 2 is 2.24 bits per heavy atom. The summed E-state index contributed by atoms with van der Waals surface area (Å²) in [5.41, 5.74) is 1.67. The predicted octanol–water partition coefficient (Wildman–Crippen LogP) is 1.91. The molecular formula is C15H15ClN4O4S. The smallest absolute Gasteiger partial charge is 0.264 e. The fourth-order valence-corrected chi connectivity index (χ4v) is 3.50. The summed E-state index contributed by atoms with van der Waals surface area (Å²) >= 11 is 6.02. The molecule has 1 aliphatic heterocycles. The fraction of sp³-hybridized carbons (Fsp3) is 0.400. The van der Waals surface area contributed by atoms with Crippen LogP contribution in [0.15, 0.2) is 18.2 Å². The van der Waals surface area contributed by atoms with Gasteiger partial charge in [-0.2, -0.15) is 18.8 Å². The van der Waals surface area contributed by atoms with Crippen LogP contribution in [0.3, 0.4) is 0 Å². The van der Waals surface area contributed by atoms with Gasteiger partial charge in [0.1, 0.15) is 17.3 Å². The summed E-state index contributed by atoms with van der Waals surface area (Å²) < 4.78 is 34.8. The van der Waals surface area contributed by atoms with Gasteiger partial charge in [-0.3, -0.25) is 4.18 Å². The van der Waals surface area contributed by atoms with Crippen LogP contribution in [0.25, 0.3) is 5.82 Å². The van der Waals surface area contributed by atoms with Crippen molar-refractivity contribution in [1.29, 1.82) is 5.26 Å². The first-order chi connectivity index (χ1) is 11.8. The number of pyridine rings is 1. The zero-order valence-electron chi connectivity index (χ0n) is 13.5. The van der Waals surface area contributed by atoms with Gasteiger partial charge in [0.15, 0.2) is 11.5 Å². The van der Waals surface area contributed by atoms with Crippen LogP contribution in [-0.4, -0.2) is 42.1 Å². The summed E-state index contributed by atoms with van der Waals surface area (Å²) in [5.74, 6) is 0.441. The Kier molecular flexibility index (Phi) is 4.79. The number of nitrogens with zero attached hydrogens (tertiary/aromatic N) is 4. The summed E-state index contributed by atoms with van der Waals surface area (Å²) in [6.07, 6.45) is 0.388. The molecular weight excluding hydrogens is 368 g/mol. The lowest BCUT2D eigenvalue weighted by Gasteiger charge is -2.15. The van der Waals surface area contributed by atoms with E-state index in [9.17, 15) is 8.42 Å². The van der Waals surface area contributed by atoms with Crippen molar-refractivity contribution >= 4 is 21.7 Å². The molecule has 10 heteroatoms. The zero-order chi connectivity index (χ0) is 18.2. The number of hydrogen-bond acceptors (Lipinski definition) is 7. The highest BCUT2D eigenvalue weighted by Gasteiger charge is 2.32. The van der Waals surface area contributed by atoms with Crippen molar-refractivity contribution in [3.8, 4) is 11.9 Å². The third-order valence-corrected chi connectivity index (χ3v) is 4.52. The second-order valence-corrected chi connectivity index (χ2v) is 7.71. The van der Waals surface area contributed by atoms with Crippen LogP contribution in [0.1, 0.15) is 29.5 Å². The predicted molar refractivity (Wildman–Crippen MR) is 88.8 cm³/mol. The molecule has 0 radical (unpaired) electrons. The highest BCUT2D eigenvalue weighted by atomic mass is 35.5. The van der Waals surface area contributed by atoms with Gasteiger partial charge >= 0.3 is 0 Å². The van der Waals surface area contributed by atoms with E-state index >= 15 is 0 Å². The fourth-order valence-electron chi connectivity index (χ4n) is 2.73. The van der Waals surface area contributed by atoms with Gasteiger partial charge in [0.05, 0.1) is 19.0 Å². The van der Waals surface area contributed by atoms with Gasteiger partial charge in [-0.1, -0.05) is 11.6 Å². The third kappa shape index (κ3) is 3.99. The molecule has 0 saturated carbocycles. The molecule has 1 saturated heterocycles. The second-order valence-electron chi connectivity index (χ2n) is 5.72. The van der Waals surface area contributed by atoms with Crippen molar-refractivity contribution in [3.63, 3.8) is 0 Å². The molecule has 0 aliphatic carbocycles. The maximum atomic E-state index is 11.3. The van der Waals surface area contributed by atoms with E-state index in [0.29, 0.717) is 17.8 Å². The average molecular weight is 383 g/mol. The molecule has 0 bridgehead atoms. The Morgan fingerprint density at radius 1 is 1.48 bits per heavy atom. The molecule has 2 unspecified atom stereocenters. The van der Waals surface area contributed by atoms with Crippen LogP contribution in [-0.2, 0) is 19.0 Å². The summed E-state index contributed by atoms with van der Waals surface area (Å²) in [4.78, 5) is 4.31. The normalized spacial score (nSPS) is 20.6. The number of rotatable bonds is 4. The van der Waals surface area contributed by atoms with E-state index < -0.39 is 22.3 Å². The van der Waals surface area contributed by atoms with Crippen molar-refractivity contribution in [2.24, 2.45) is 0 Å². The SMILES string of the molecule is Cc1cc(C#N)nn1-c1nc(Cl)ccc1C1CC(OS(C)(=O)=O)CO1. The Bertz CT molecular complexity index is 951. The zero-order valence-corrected chi connectivity index (χ0v) is 15.1. The van der Waals surface area contributed by atoms with E-state index in [1.54, 1.807) is 25.1 Å². The van der Waals surface area contributed by atoms with Crippen LogP contribution < -0.4 is 0 Å². The van der Waals surface area contributed by atoms with E-state index in [4.69, 9.17) is 25.8 Å². The molecule has 3 rings (SSSR count). The lowest BCUT2D eigenvalue weighted by molar-refractivity contribution is 0.0954. The minimum absolute atomic E-state index is 0.154. The highest BCUT2D eigenvalue weighted by Crippen LogP contribution is 2.34. The standard InChI is InChI=1S/C15H15ClN4O4S/c1-9-5-10(7-17)19-20(9)15-12(3-4-14(16)18-15)13-6-11(8-23-13)24-25(2,21)22/h3-5,11,13H,6,8H2,1-2H3. The number of ether oxygens (including phenoxy) is 1. The maximum Gasteiger partial charge on any atom is 0.264 e. The van der Waals surface area contributed by atoms with E-state index in [1.807, 2.05) is 6.07 Å². The number of nitriles is 1. The van der Waals surface area contributed by atoms with Crippen LogP contribution in [0.5, 0.6) is 0 Å². The van der Waals surface area contributed by atoms with Gasteiger partial charge in [0.2, 0.25) is 0 Å². The maximum absolute atomic E-state index is 11.3. The molecule has 2 aromatic rings. The van der Waals surface area contributed by atoms with Crippen molar-refractivity contribution in [3.05, 3.63) is 40.3 Å². The van der Waals surface area contributed by atoms with Crippen molar-refractivity contribution < 1.29 is 17.3 Å². The number of halogens is 1. The minimum atomic E-state index is -3.56. The van der Waals surface area contributed by atoms with Gasteiger partial charge in [-0.15, -0.1) is 0 Å². The molecule has 0 amide bonds. The van der Waals surface area contributed by atoms with Gasteiger partial charge < -0.3 is 4.74 Å². The number of aromatic nitrogens is 3. The largest absolute Gasteiger partial charge is 0.371 e. The average Bonchev–Trinajstić information content (AvgIpc) is 3.12. The quantitative estimate of drug-likeness (QED) is 0.587. The molecule has 2 aromatic heterocycles. The lowest BCUT2D eigenvalue weighted by atomic mass is 10.1. The number of aryl methyl sites for hydroxylation is 1. The monoisotopic (exact) mass is 382 g/mol. The van der Waals surface area contributed by atoms with Crippen LogP contribution in [0.4, 0.5) is 0 Å². The molecule has 1 aliphatic rings. The van der Waals surface area contributed by atoms with E-state index in [0.717, 1.165) is 11.9 Å². The summed E-state index contributed by atoms with van der Waals surface area (Å²) in [7, 11) is -3.56. The molecule has 1 fully saturated rings. The molecule has 132 valence electrons.